The topological polar surface area (TPSA) is 58.4 Å². The van der Waals surface area contributed by atoms with E-state index in [4.69, 9.17) is 11.6 Å². The van der Waals surface area contributed by atoms with Gasteiger partial charge >= 0.3 is 0 Å². The average molecular weight is 302 g/mol. The summed E-state index contributed by atoms with van der Waals surface area (Å²) in [5.74, 6) is -0.766. The standard InChI is InChI=1S/C13H17ClFN3O2/c1-17(9-3-2-5-16-6-4-9)12-7-10(14)11(15)8-13(12)18(19)20/h7-9,16H,2-6H2,1H3. The highest BCUT2D eigenvalue weighted by Crippen LogP contribution is 2.34. The number of nitro benzene ring substituents is 1. The molecule has 0 spiro atoms. The summed E-state index contributed by atoms with van der Waals surface area (Å²) in [6.07, 6.45) is 2.84. The Labute approximate surface area is 121 Å². The van der Waals surface area contributed by atoms with Crippen LogP contribution in [-0.4, -0.2) is 31.1 Å². The molecule has 1 aliphatic heterocycles. The van der Waals surface area contributed by atoms with Crippen molar-refractivity contribution in [2.75, 3.05) is 25.0 Å². The lowest BCUT2D eigenvalue weighted by Crippen LogP contribution is -2.32. The van der Waals surface area contributed by atoms with Gasteiger partial charge in [0.25, 0.3) is 5.69 Å². The summed E-state index contributed by atoms with van der Waals surface area (Å²) in [7, 11) is 1.80. The molecule has 0 aromatic heterocycles. The number of rotatable bonds is 3. The van der Waals surface area contributed by atoms with Crippen LogP contribution in [-0.2, 0) is 0 Å². The van der Waals surface area contributed by atoms with Gasteiger partial charge in [-0.05, 0) is 38.4 Å². The summed E-state index contributed by atoms with van der Waals surface area (Å²) in [6.45, 7) is 1.83. The minimum Gasteiger partial charge on any atom is -0.366 e. The minimum atomic E-state index is -0.766. The minimum absolute atomic E-state index is 0.0933. The van der Waals surface area contributed by atoms with Gasteiger partial charge in [0, 0.05) is 13.1 Å². The number of nitrogens with one attached hydrogen (secondary N) is 1. The van der Waals surface area contributed by atoms with E-state index < -0.39 is 10.7 Å². The molecule has 7 heteroatoms. The monoisotopic (exact) mass is 301 g/mol. The lowest BCUT2D eigenvalue weighted by molar-refractivity contribution is -0.384. The lowest BCUT2D eigenvalue weighted by Gasteiger charge is -2.28. The fourth-order valence-corrected chi connectivity index (χ4v) is 2.70. The van der Waals surface area contributed by atoms with Crippen molar-refractivity contribution in [1.82, 2.24) is 5.32 Å². The van der Waals surface area contributed by atoms with Gasteiger partial charge in [0.15, 0.2) is 0 Å². The fourth-order valence-electron chi connectivity index (χ4n) is 2.54. The molecule has 1 unspecified atom stereocenters. The average Bonchev–Trinajstić information content (AvgIpc) is 2.69. The Morgan fingerprint density at radius 3 is 2.90 bits per heavy atom. The number of hydrogen-bond donors (Lipinski definition) is 1. The molecule has 0 amide bonds. The van der Waals surface area contributed by atoms with E-state index in [9.17, 15) is 14.5 Å². The van der Waals surface area contributed by atoms with Crippen molar-refractivity contribution in [2.24, 2.45) is 0 Å². The lowest BCUT2D eigenvalue weighted by atomic mass is 10.1. The summed E-state index contributed by atoms with van der Waals surface area (Å²) < 4.78 is 13.4. The van der Waals surface area contributed by atoms with Crippen LogP contribution in [0.25, 0.3) is 0 Å². The van der Waals surface area contributed by atoms with E-state index in [2.05, 4.69) is 5.32 Å². The molecular formula is C13H17ClFN3O2. The van der Waals surface area contributed by atoms with Crippen LogP contribution >= 0.6 is 11.6 Å². The molecule has 1 N–H and O–H groups in total. The second-order valence-electron chi connectivity index (χ2n) is 4.96. The van der Waals surface area contributed by atoms with Gasteiger partial charge in [-0.25, -0.2) is 4.39 Å². The highest BCUT2D eigenvalue weighted by Gasteiger charge is 2.25. The molecule has 1 fully saturated rings. The molecule has 1 atom stereocenters. The van der Waals surface area contributed by atoms with E-state index in [1.165, 1.54) is 6.07 Å². The number of benzene rings is 1. The molecule has 1 aromatic rings. The Morgan fingerprint density at radius 2 is 2.20 bits per heavy atom. The van der Waals surface area contributed by atoms with Crippen LogP contribution in [0.1, 0.15) is 19.3 Å². The normalized spacial score (nSPS) is 19.4. The zero-order chi connectivity index (χ0) is 14.7. The summed E-state index contributed by atoms with van der Waals surface area (Å²) >= 11 is 5.77. The molecule has 1 aliphatic rings. The molecule has 110 valence electrons. The maximum Gasteiger partial charge on any atom is 0.295 e. The number of halogens is 2. The first-order chi connectivity index (χ1) is 9.50. The van der Waals surface area contributed by atoms with Crippen LogP contribution in [0.15, 0.2) is 12.1 Å². The molecular weight excluding hydrogens is 285 g/mol. The highest BCUT2D eigenvalue weighted by molar-refractivity contribution is 6.31. The largest absolute Gasteiger partial charge is 0.366 e. The van der Waals surface area contributed by atoms with Crippen molar-refractivity contribution in [3.05, 3.63) is 33.1 Å². The van der Waals surface area contributed by atoms with Crippen LogP contribution in [0.2, 0.25) is 5.02 Å². The third-order valence-corrected chi connectivity index (χ3v) is 3.98. The Kier molecular flexibility index (Phi) is 4.77. The van der Waals surface area contributed by atoms with Gasteiger partial charge in [-0.15, -0.1) is 0 Å². The van der Waals surface area contributed by atoms with Crippen molar-refractivity contribution >= 4 is 23.0 Å². The van der Waals surface area contributed by atoms with Crippen molar-refractivity contribution in [2.45, 2.75) is 25.3 Å². The van der Waals surface area contributed by atoms with Gasteiger partial charge in [0.05, 0.1) is 16.0 Å². The van der Waals surface area contributed by atoms with Gasteiger partial charge in [-0.3, -0.25) is 10.1 Å². The van der Waals surface area contributed by atoms with E-state index in [1.54, 1.807) is 7.05 Å². The molecule has 1 aromatic carbocycles. The molecule has 1 heterocycles. The van der Waals surface area contributed by atoms with Crippen LogP contribution in [0.4, 0.5) is 15.8 Å². The second-order valence-corrected chi connectivity index (χ2v) is 5.36. The zero-order valence-corrected chi connectivity index (χ0v) is 12.0. The van der Waals surface area contributed by atoms with Crippen LogP contribution < -0.4 is 10.2 Å². The Hall–Kier alpha value is -1.40. The SMILES string of the molecule is CN(c1cc(Cl)c(F)cc1[N+](=O)[O-])C1CCCNCC1. The number of anilines is 1. The first-order valence-corrected chi connectivity index (χ1v) is 6.95. The number of nitro groups is 1. The number of nitrogens with zero attached hydrogens (tertiary/aromatic N) is 2. The van der Waals surface area contributed by atoms with Gasteiger partial charge in [0.1, 0.15) is 11.5 Å². The third kappa shape index (κ3) is 3.19. The van der Waals surface area contributed by atoms with Gasteiger partial charge in [-0.2, -0.15) is 0 Å². The molecule has 0 radical (unpaired) electrons. The van der Waals surface area contributed by atoms with E-state index in [0.717, 1.165) is 38.4 Å². The van der Waals surface area contributed by atoms with Gasteiger partial charge < -0.3 is 10.2 Å². The molecule has 0 saturated carbocycles. The molecule has 5 nitrogen and oxygen atoms in total. The van der Waals surface area contributed by atoms with Crippen LogP contribution in [0, 0.1) is 15.9 Å². The molecule has 20 heavy (non-hydrogen) atoms. The smallest absolute Gasteiger partial charge is 0.295 e. The fraction of sp³-hybridized carbons (Fsp3) is 0.538. The summed E-state index contributed by atoms with van der Waals surface area (Å²) in [5, 5.41) is 14.3. The Balaban J connectivity index is 2.34. The van der Waals surface area contributed by atoms with Crippen LogP contribution in [0.3, 0.4) is 0 Å². The number of hydrogen-bond acceptors (Lipinski definition) is 4. The van der Waals surface area contributed by atoms with Gasteiger partial charge in [0.2, 0.25) is 0 Å². The Morgan fingerprint density at radius 1 is 1.45 bits per heavy atom. The molecule has 0 aliphatic carbocycles. The molecule has 0 bridgehead atoms. The quantitative estimate of drug-likeness (QED) is 0.689. The van der Waals surface area contributed by atoms with Crippen molar-refractivity contribution in [3.8, 4) is 0 Å². The highest BCUT2D eigenvalue weighted by atomic mass is 35.5. The van der Waals surface area contributed by atoms with Crippen molar-refractivity contribution in [1.29, 1.82) is 0 Å². The van der Waals surface area contributed by atoms with Crippen molar-refractivity contribution < 1.29 is 9.31 Å². The first kappa shape index (κ1) is 15.0. The van der Waals surface area contributed by atoms with Crippen molar-refractivity contribution in [3.63, 3.8) is 0 Å². The summed E-state index contributed by atoms with van der Waals surface area (Å²) in [6, 6.07) is 2.42. The maximum absolute atomic E-state index is 13.4. The van der Waals surface area contributed by atoms with E-state index in [-0.39, 0.29) is 16.8 Å². The summed E-state index contributed by atoms with van der Waals surface area (Å²) in [4.78, 5) is 12.4. The molecule has 2 rings (SSSR count). The van der Waals surface area contributed by atoms with E-state index in [0.29, 0.717) is 5.69 Å². The third-order valence-electron chi connectivity index (χ3n) is 3.69. The first-order valence-electron chi connectivity index (χ1n) is 6.57. The molecule has 1 saturated heterocycles. The Bertz CT molecular complexity index is 505. The predicted octanol–water partition coefficient (Wildman–Crippen LogP) is 2.97. The second kappa shape index (κ2) is 6.37. The zero-order valence-electron chi connectivity index (χ0n) is 11.2. The maximum atomic E-state index is 13.4. The van der Waals surface area contributed by atoms with E-state index in [1.807, 2.05) is 4.90 Å². The van der Waals surface area contributed by atoms with Gasteiger partial charge in [-0.1, -0.05) is 11.6 Å². The van der Waals surface area contributed by atoms with Crippen LogP contribution in [0.5, 0.6) is 0 Å². The van der Waals surface area contributed by atoms with E-state index >= 15 is 0 Å². The predicted molar refractivity (Wildman–Crippen MR) is 77.0 cm³/mol. The summed E-state index contributed by atoms with van der Waals surface area (Å²) in [5.41, 5.74) is 0.125.